The summed E-state index contributed by atoms with van der Waals surface area (Å²) in [6, 6.07) is 9.01. The number of hydrogen-bond donors (Lipinski definition) is 2. The molecule has 6 heteroatoms. The van der Waals surface area contributed by atoms with Gasteiger partial charge in [-0.05, 0) is 5.56 Å². The summed E-state index contributed by atoms with van der Waals surface area (Å²) in [4.78, 5) is 22.9. The number of benzene rings is 1. The average Bonchev–Trinajstić information content (AvgIpc) is 2.88. The first-order valence-corrected chi connectivity index (χ1v) is 5.49. The second-order valence-electron chi connectivity index (χ2n) is 3.82. The van der Waals surface area contributed by atoms with Gasteiger partial charge in [0.25, 0.3) is 0 Å². The number of ether oxygens (including phenoxy) is 2. The molecule has 1 aliphatic heterocycles. The lowest BCUT2D eigenvalue weighted by Crippen LogP contribution is -2.56. The van der Waals surface area contributed by atoms with Crippen molar-refractivity contribution in [1.82, 2.24) is 5.32 Å². The maximum atomic E-state index is 11.8. The predicted molar refractivity (Wildman–Crippen MR) is 60.6 cm³/mol. The summed E-state index contributed by atoms with van der Waals surface area (Å²) in [5, 5.41) is 11.6. The number of aliphatic carboxylic acids is 1. The number of hydrogen-bond acceptors (Lipinski definition) is 5. The first-order valence-electron chi connectivity index (χ1n) is 5.49. The smallest absolute Gasteiger partial charge is 0.366 e. The van der Waals surface area contributed by atoms with Gasteiger partial charge in [0.2, 0.25) is 0 Å². The first kappa shape index (κ1) is 12.5. The molecular weight excluding hydrogens is 238 g/mol. The second kappa shape index (κ2) is 5.16. The molecule has 6 nitrogen and oxygen atoms in total. The van der Waals surface area contributed by atoms with Crippen LogP contribution in [0.1, 0.15) is 5.56 Å². The van der Waals surface area contributed by atoms with E-state index in [2.05, 4.69) is 5.32 Å². The molecule has 0 radical (unpaired) electrons. The summed E-state index contributed by atoms with van der Waals surface area (Å²) >= 11 is 0. The Bertz CT molecular complexity index is 439. The highest BCUT2D eigenvalue weighted by Gasteiger charge is 2.52. The zero-order valence-corrected chi connectivity index (χ0v) is 9.59. The molecular formula is C12H13NO5. The molecule has 2 N–H and O–H groups in total. The average molecular weight is 251 g/mol. The van der Waals surface area contributed by atoms with Crippen LogP contribution in [-0.4, -0.2) is 35.9 Å². The number of rotatable bonds is 4. The molecule has 0 bridgehead atoms. The van der Waals surface area contributed by atoms with Gasteiger partial charge in [0.1, 0.15) is 6.61 Å². The van der Waals surface area contributed by atoms with Crippen LogP contribution in [0.2, 0.25) is 0 Å². The van der Waals surface area contributed by atoms with Crippen molar-refractivity contribution in [1.29, 1.82) is 0 Å². The van der Waals surface area contributed by atoms with Crippen LogP contribution in [0.3, 0.4) is 0 Å². The maximum Gasteiger partial charge on any atom is 0.366 e. The standard InChI is InChI=1S/C12H13NO5/c14-10(15)12(13-6-7-18-12)11(16)17-8-9-4-2-1-3-5-9/h1-5,13H,6-8H2,(H,14,15)/t12-/m1/s1. The molecule has 2 rings (SSSR count). The molecule has 1 heterocycles. The maximum absolute atomic E-state index is 11.8. The third-order valence-electron chi connectivity index (χ3n) is 2.60. The van der Waals surface area contributed by atoms with Gasteiger partial charge in [0, 0.05) is 6.54 Å². The molecule has 0 spiro atoms. The molecule has 1 fully saturated rings. The normalized spacial score (nSPS) is 22.7. The Morgan fingerprint density at radius 1 is 1.39 bits per heavy atom. The Balaban J connectivity index is 2.01. The van der Waals surface area contributed by atoms with Crippen molar-refractivity contribution in [3.8, 4) is 0 Å². The van der Waals surface area contributed by atoms with Crippen LogP contribution >= 0.6 is 0 Å². The Hall–Kier alpha value is -1.92. The summed E-state index contributed by atoms with van der Waals surface area (Å²) in [6.45, 7) is 0.471. The Kier molecular flexibility index (Phi) is 3.59. The lowest BCUT2D eigenvalue weighted by Gasteiger charge is -2.21. The highest BCUT2D eigenvalue weighted by molar-refractivity contribution is 6.02. The minimum atomic E-state index is -2.06. The number of carboxylic acid groups (broad SMARTS) is 1. The fourth-order valence-electron chi connectivity index (χ4n) is 1.66. The van der Waals surface area contributed by atoms with Crippen LogP contribution in [0.4, 0.5) is 0 Å². The van der Waals surface area contributed by atoms with E-state index in [-0.39, 0.29) is 13.2 Å². The number of carboxylic acids is 1. The third kappa shape index (κ3) is 2.34. The quantitative estimate of drug-likeness (QED) is 0.584. The van der Waals surface area contributed by atoms with E-state index in [9.17, 15) is 9.59 Å². The van der Waals surface area contributed by atoms with Crippen LogP contribution < -0.4 is 5.32 Å². The van der Waals surface area contributed by atoms with E-state index >= 15 is 0 Å². The van der Waals surface area contributed by atoms with Gasteiger partial charge in [-0.25, -0.2) is 9.59 Å². The van der Waals surface area contributed by atoms with Crippen LogP contribution in [0.15, 0.2) is 30.3 Å². The molecule has 96 valence electrons. The van der Waals surface area contributed by atoms with Gasteiger partial charge in [0.05, 0.1) is 6.61 Å². The van der Waals surface area contributed by atoms with Crippen molar-refractivity contribution >= 4 is 11.9 Å². The van der Waals surface area contributed by atoms with Crippen molar-refractivity contribution in [3.63, 3.8) is 0 Å². The van der Waals surface area contributed by atoms with E-state index in [1.54, 1.807) is 24.3 Å². The van der Waals surface area contributed by atoms with Gasteiger partial charge in [0.15, 0.2) is 0 Å². The van der Waals surface area contributed by atoms with E-state index in [0.717, 1.165) is 5.56 Å². The van der Waals surface area contributed by atoms with Gasteiger partial charge in [-0.15, -0.1) is 0 Å². The van der Waals surface area contributed by atoms with Crippen LogP contribution in [0.25, 0.3) is 0 Å². The van der Waals surface area contributed by atoms with Crippen molar-refractivity contribution in [3.05, 3.63) is 35.9 Å². The highest BCUT2D eigenvalue weighted by Crippen LogP contribution is 2.16. The van der Waals surface area contributed by atoms with Crippen LogP contribution in [0, 0.1) is 0 Å². The summed E-state index contributed by atoms with van der Waals surface area (Å²) in [7, 11) is 0. The van der Waals surface area contributed by atoms with Crippen LogP contribution in [-0.2, 0) is 25.7 Å². The Morgan fingerprint density at radius 2 is 2.11 bits per heavy atom. The molecule has 18 heavy (non-hydrogen) atoms. The van der Waals surface area contributed by atoms with Crippen molar-refractivity contribution < 1.29 is 24.2 Å². The zero-order valence-electron chi connectivity index (χ0n) is 9.59. The van der Waals surface area contributed by atoms with Gasteiger partial charge in [-0.3, -0.25) is 5.32 Å². The first-order chi connectivity index (χ1) is 8.65. The SMILES string of the molecule is O=C(O)[C@@]1(C(=O)OCc2ccccc2)NCCO1. The predicted octanol–water partition coefficient (Wildman–Crippen LogP) is 0.130. The van der Waals surface area contributed by atoms with E-state index in [4.69, 9.17) is 14.6 Å². The monoisotopic (exact) mass is 251 g/mol. The molecule has 1 aliphatic rings. The number of esters is 1. The number of carbonyl (C=O) groups excluding carboxylic acids is 1. The van der Waals surface area contributed by atoms with Gasteiger partial charge in [-0.1, -0.05) is 30.3 Å². The lowest BCUT2D eigenvalue weighted by atomic mass is 10.2. The molecule has 0 aliphatic carbocycles. The lowest BCUT2D eigenvalue weighted by molar-refractivity contribution is -0.185. The van der Waals surface area contributed by atoms with E-state index < -0.39 is 17.7 Å². The summed E-state index contributed by atoms with van der Waals surface area (Å²) < 4.78 is 9.94. The van der Waals surface area contributed by atoms with Gasteiger partial charge >= 0.3 is 17.7 Å². The highest BCUT2D eigenvalue weighted by atomic mass is 16.6. The zero-order chi connectivity index (χ0) is 13.0. The van der Waals surface area contributed by atoms with Crippen molar-refractivity contribution in [2.24, 2.45) is 0 Å². The topological polar surface area (TPSA) is 84.9 Å². The molecule has 1 aromatic rings. The fraction of sp³-hybridized carbons (Fsp3) is 0.333. The molecule has 1 saturated heterocycles. The number of carbonyl (C=O) groups is 2. The largest absolute Gasteiger partial charge is 0.478 e. The molecule has 1 atom stereocenters. The summed E-state index contributed by atoms with van der Waals surface area (Å²) in [5.41, 5.74) is -1.28. The fourth-order valence-corrected chi connectivity index (χ4v) is 1.66. The molecule has 0 amide bonds. The molecule has 0 aromatic heterocycles. The van der Waals surface area contributed by atoms with Crippen molar-refractivity contribution in [2.45, 2.75) is 12.3 Å². The minimum Gasteiger partial charge on any atom is -0.478 e. The third-order valence-corrected chi connectivity index (χ3v) is 2.60. The van der Waals surface area contributed by atoms with E-state index in [0.29, 0.717) is 6.54 Å². The second-order valence-corrected chi connectivity index (χ2v) is 3.82. The minimum absolute atomic E-state index is 0.0136. The molecule has 0 unspecified atom stereocenters. The molecule has 0 saturated carbocycles. The summed E-state index contributed by atoms with van der Waals surface area (Å²) in [5.74, 6) is -2.32. The molecule has 1 aromatic carbocycles. The van der Waals surface area contributed by atoms with Gasteiger partial charge in [-0.2, -0.15) is 0 Å². The Morgan fingerprint density at radius 3 is 2.67 bits per heavy atom. The van der Waals surface area contributed by atoms with Gasteiger partial charge < -0.3 is 14.6 Å². The van der Waals surface area contributed by atoms with E-state index in [1.165, 1.54) is 0 Å². The van der Waals surface area contributed by atoms with Crippen LogP contribution in [0.5, 0.6) is 0 Å². The van der Waals surface area contributed by atoms with Crippen molar-refractivity contribution in [2.75, 3.05) is 13.2 Å². The number of nitrogens with one attached hydrogen (secondary N) is 1. The van der Waals surface area contributed by atoms with E-state index in [1.807, 2.05) is 6.07 Å². The summed E-state index contributed by atoms with van der Waals surface area (Å²) in [6.07, 6.45) is 0. The Labute approximate surface area is 104 Å².